The van der Waals surface area contributed by atoms with Crippen LogP contribution in [-0.4, -0.2) is 13.7 Å². The second kappa shape index (κ2) is 6.23. The molecule has 0 radical (unpaired) electrons. The Balaban J connectivity index is 1.94. The fraction of sp³-hybridized carbons (Fsp3) is 0.250. The molecule has 0 saturated carbocycles. The molecular weight excluding hydrogens is 241 g/mol. The zero-order chi connectivity index (χ0) is 13.7. The molecule has 2 nitrogen and oxygen atoms in total. The standard InChI is InChI=1S/C16H18FNO/c1-12(13-4-3-5-14(17)10-13)11-18-15-6-8-16(19-2)9-7-15/h3-10,12,18H,11H2,1-2H3/t12-/m0/s1. The van der Waals surface area contributed by atoms with Gasteiger partial charge in [-0.05, 0) is 47.9 Å². The minimum absolute atomic E-state index is 0.186. The molecule has 0 aromatic heterocycles. The number of rotatable bonds is 5. The van der Waals surface area contributed by atoms with Crippen molar-refractivity contribution in [2.24, 2.45) is 0 Å². The largest absolute Gasteiger partial charge is 0.497 e. The second-order valence-electron chi connectivity index (χ2n) is 4.57. The second-order valence-corrected chi connectivity index (χ2v) is 4.57. The summed E-state index contributed by atoms with van der Waals surface area (Å²) < 4.78 is 18.2. The van der Waals surface area contributed by atoms with Crippen LogP contribution in [0, 0.1) is 5.82 Å². The molecule has 0 heterocycles. The highest BCUT2D eigenvalue weighted by Gasteiger charge is 2.06. The number of benzene rings is 2. The van der Waals surface area contributed by atoms with E-state index in [0.717, 1.165) is 23.5 Å². The highest BCUT2D eigenvalue weighted by atomic mass is 19.1. The van der Waals surface area contributed by atoms with Crippen LogP contribution in [0.1, 0.15) is 18.4 Å². The van der Waals surface area contributed by atoms with Crippen LogP contribution in [0.5, 0.6) is 5.75 Å². The monoisotopic (exact) mass is 259 g/mol. The molecule has 0 aliphatic rings. The maximum Gasteiger partial charge on any atom is 0.123 e. The lowest BCUT2D eigenvalue weighted by molar-refractivity contribution is 0.415. The van der Waals surface area contributed by atoms with Crippen molar-refractivity contribution in [3.63, 3.8) is 0 Å². The van der Waals surface area contributed by atoms with E-state index in [9.17, 15) is 4.39 Å². The van der Waals surface area contributed by atoms with Crippen LogP contribution in [0.25, 0.3) is 0 Å². The highest BCUT2D eigenvalue weighted by Crippen LogP contribution is 2.19. The molecule has 0 unspecified atom stereocenters. The van der Waals surface area contributed by atoms with Crippen molar-refractivity contribution in [2.75, 3.05) is 19.0 Å². The van der Waals surface area contributed by atoms with Gasteiger partial charge in [0.25, 0.3) is 0 Å². The van der Waals surface area contributed by atoms with Crippen LogP contribution in [0.3, 0.4) is 0 Å². The Morgan fingerprint density at radius 3 is 2.53 bits per heavy atom. The van der Waals surface area contributed by atoms with Crippen LogP contribution in [-0.2, 0) is 0 Å². The van der Waals surface area contributed by atoms with Crippen molar-refractivity contribution in [1.29, 1.82) is 0 Å². The zero-order valence-electron chi connectivity index (χ0n) is 11.2. The van der Waals surface area contributed by atoms with E-state index < -0.39 is 0 Å². The molecule has 1 N–H and O–H groups in total. The number of ether oxygens (including phenoxy) is 1. The van der Waals surface area contributed by atoms with Crippen LogP contribution < -0.4 is 10.1 Å². The SMILES string of the molecule is COc1ccc(NC[C@H](C)c2cccc(F)c2)cc1. The van der Waals surface area contributed by atoms with E-state index in [1.54, 1.807) is 19.2 Å². The Labute approximate surface area is 113 Å². The molecule has 0 spiro atoms. The van der Waals surface area contributed by atoms with Gasteiger partial charge in [0.05, 0.1) is 7.11 Å². The van der Waals surface area contributed by atoms with Crippen LogP contribution >= 0.6 is 0 Å². The minimum Gasteiger partial charge on any atom is -0.497 e. The summed E-state index contributed by atoms with van der Waals surface area (Å²) in [5, 5.41) is 3.34. The number of hydrogen-bond donors (Lipinski definition) is 1. The number of methoxy groups -OCH3 is 1. The first-order valence-electron chi connectivity index (χ1n) is 6.32. The Bertz CT molecular complexity index is 525. The number of anilines is 1. The molecular formula is C16H18FNO. The summed E-state index contributed by atoms with van der Waals surface area (Å²) in [7, 11) is 1.65. The van der Waals surface area contributed by atoms with Crippen molar-refractivity contribution in [3.8, 4) is 5.75 Å². The number of hydrogen-bond acceptors (Lipinski definition) is 2. The Morgan fingerprint density at radius 1 is 1.16 bits per heavy atom. The third-order valence-electron chi connectivity index (χ3n) is 3.12. The molecule has 3 heteroatoms. The number of halogens is 1. The Morgan fingerprint density at radius 2 is 1.89 bits per heavy atom. The highest BCUT2D eigenvalue weighted by molar-refractivity contribution is 5.46. The predicted octanol–water partition coefficient (Wildman–Crippen LogP) is 4.05. The van der Waals surface area contributed by atoms with Gasteiger partial charge in [-0.15, -0.1) is 0 Å². The van der Waals surface area contributed by atoms with E-state index in [0.29, 0.717) is 0 Å². The van der Waals surface area contributed by atoms with Crippen LogP contribution in [0.4, 0.5) is 10.1 Å². The van der Waals surface area contributed by atoms with Crippen molar-refractivity contribution in [1.82, 2.24) is 0 Å². The van der Waals surface area contributed by atoms with Gasteiger partial charge >= 0.3 is 0 Å². The van der Waals surface area contributed by atoms with Gasteiger partial charge in [0.1, 0.15) is 11.6 Å². The van der Waals surface area contributed by atoms with Crippen molar-refractivity contribution in [3.05, 3.63) is 59.9 Å². The summed E-state index contributed by atoms with van der Waals surface area (Å²) in [4.78, 5) is 0. The van der Waals surface area contributed by atoms with Gasteiger partial charge in [-0.25, -0.2) is 4.39 Å². The van der Waals surface area contributed by atoms with Crippen molar-refractivity contribution >= 4 is 5.69 Å². The lowest BCUT2D eigenvalue weighted by Crippen LogP contribution is -2.09. The molecule has 0 amide bonds. The molecule has 0 fully saturated rings. The molecule has 19 heavy (non-hydrogen) atoms. The first kappa shape index (κ1) is 13.4. The summed E-state index contributed by atoms with van der Waals surface area (Å²) >= 11 is 0. The molecule has 0 saturated heterocycles. The van der Waals surface area contributed by atoms with Crippen molar-refractivity contribution in [2.45, 2.75) is 12.8 Å². The van der Waals surface area contributed by atoms with E-state index in [-0.39, 0.29) is 11.7 Å². The molecule has 2 aromatic carbocycles. The fourth-order valence-corrected chi connectivity index (χ4v) is 1.91. The quantitative estimate of drug-likeness (QED) is 0.874. The molecule has 100 valence electrons. The van der Waals surface area contributed by atoms with E-state index in [1.807, 2.05) is 30.3 Å². The maximum absolute atomic E-state index is 13.1. The van der Waals surface area contributed by atoms with Gasteiger partial charge in [0.2, 0.25) is 0 Å². The first-order valence-corrected chi connectivity index (χ1v) is 6.32. The summed E-state index contributed by atoms with van der Waals surface area (Å²) in [5.41, 5.74) is 2.03. The summed E-state index contributed by atoms with van der Waals surface area (Å²) in [6, 6.07) is 14.5. The smallest absolute Gasteiger partial charge is 0.123 e. The average Bonchev–Trinajstić information content (AvgIpc) is 2.45. The van der Waals surface area contributed by atoms with Gasteiger partial charge in [-0.2, -0.15) is 0 Å². The van der Waals surface area contributed by atoms with Gasteiger partial charge in [0, 0.05) is 12.2 Å². The topological polar surface area (TPSA) is 21.3 Å². The molecule has 0 bridgehead atoms. The van der Waals surface area contributed by atoms with Crippen LogP contribution in [0.15, 0.2) is 48.5 Å². The molecule has 0 aliphatic heterocycles. The molecule has 2 aromatic rings. The zero-order valence-corrected chi connectivity index (χ0v) is 11.2. The molecule has 2 rings (SSSR count). The third kappa shape index (κ3) is 3.71. The van der Waals surface area contributed by atoms with E-state index in [1.165, 1.54) is 6.07 Å². The predicted molar refractivity (Wildman–Crippen MR) is 76.3 cm³/mol. The average molecular weight is 259 g/mol. The lowest BCUT2D eigenvalue weighted by Gasteiger charge is -2.14. The van der Waals surface area contributed by atoms with Gasteiger partial charge in [-0.3, -0.25) is 0 Å². The summed E-state index contributed by atoms with van der Waals surface area (Å²) in [5.74, 6) is 0.898. The Hall–Kier alpha value is -2.03. The lowest BCUT2D eigenvalue weighted by atomic mass is 10.0. The van der Waals surface area contributed by atoms with Gasteiger partial charge in [0.15, 0.2) is 0 Å². The van der Waals surface area contributed by atoms with Crippen molar-refractivity contribution < 1.29 is 9.13 Å². The Kier molecular flexibility index (Phi) is 4.39. The maximum atomic E-state index is 13.1. The van der Waals surface area contributed by atoms with Crippen LogP contribution in [0.2, 0.25) is 0 Å². The van der Waals surface area contributed by atoms with Gasteiger partial charge < -0.3 is 10.1 Å². The molecule has 0 aliphatic carbocycles. The summed E-state index contributed by atoms with van der Waals surface area (Å²) in [6.07, 6.45) is 0. The van der Waals surface area contributed by atoms with Gasteiger partial charge in [-0.1, -0.05) is 19.1 Å². The van der Waals surface area contributed by atoms with E-state index in [4.69, 9.17) is 4.74 Å². The normalized spacial score (nSPS) is 11.9. The summed E-state index contributed by atoms with van der Waals surface area (Å²) in [6.45, 7) is 2.83. The third-order valence-corrected chi connectivity index (χ3v) is 3.12. The van der Waals surface area contributed by atoms with E-state index in [2.05, 4.69) is 12.2 Å². The van der Waals surface area contributed by atoms with E-state index >= 15 is 0 Å². The fourth-order valence-electron chi connectivity index (χ4n) is 1.91. The number of nitrogens with one attached hydrogen (secondary N) is 1. The minimum atomic E-state index is -0.186. The molecule has 1 atom stereocenters. The first-order chi connectivity index (χ1) is 9.19.